The lowest BCUT2D eigenvalue weighted by Crippen LogP contribution is -2.12. The molecule has 0 fully saturated rings. The molecule has 116 valence electrons. The fourth-order valence-electron chi connectivity index (χ4n) is 2.17. The van der Waals surface area contributed by atoms with Crippen molar-refractivity contribution in [1.82, 2.24) is 0 Å². The van der Waals surface area contributed by atoms with Crippen molar-refractivity contribution in [2.24, 2.45) is 0 Å². The van der Waals surface area contributed by atoms with Crippen LogP contribution in [0.4, 0.5) is 5.69 Å². The second kappa shape index (κ2) is 7.71. The van der Waals surface area contributed by atoms with E-state index >= 15 is 0 Å². The molecule has 0 aliphatic carbocycles. The van der Waals surface area contributed by atoms with E-state index < -0.39 is 0 Å². The van der Waals surface area contributed by atoms with Gasteiger partial charge in [-0.15, -0.1) is 0 Å². The first-order chi connectivity index (χ1) is 10.6. The topological polar surface area (TPSA) is 47.6 Å². The Balaban J connectivity index is 2.00. The Morgan fingerprint density at radius 3 is 2.18 bits per heavy atom. The largest absolute Gasteiger partial charge is 0.496 e. The minimum absolute atomic E-state index is 0.0738. The summed E-state index contributed by atoms with van der Waals surface area (Å²) in [5.41, 5.74) is 1.61. The van der Waals surface area contributed by atoms with Crippen LogP contribution in [-0.4, -0.2) is 20.1 Å². The highest BCUT2D eigenvalue weighted by Crippen LogP contribution is 2.29. The molecule has 1 amide bonds. The van der Waals surface area contributed by atoms with Gasteiger partial charge in [0.05, 0.1) is 14.2 Å². The summed E-state index contributed by atoms with van der Waals surface area (Å²) in [5.74, 6) is 1.37. The molecule has 0 aromatic heterocycles. The summed E-state index contributed by atoms with van der Waals surface area (Å²) in [6, 6.07) is 12.6. The quantitative estimate of drug-likeness (QED) is 0.877. The normalized spacial score (nSPS) is 10.1. The van der Waals surface area contributed by atoms with E-state index in [2.05, 4.69) is 5.32 Å². The van der Waals surface area contributed by atoms with E-state index in [-0.39, 0.29) is 5.91 Å². The molecule has 2 rings (SSSR count). The zero-order chi connectivity index (χ0) is 15.9. The van der Waals surface area contributed by atoms with Gasteiger partial charge < -0.3 is 14.8 Å². The highest BCUT2D eigenvalue weighted by atomic mass is 35.5. The molecule has 0 heterocycles. The van der Waals surface area contributed by atoms with Crippen molar-refractivity contribution in [3.05, 3.63) is 53.1 Å². The van der Waals surface area contributed by atoms with E-state index in [0.717, 1.165) is 22.7 Å². The van der Waals surface area contributed by atoms with Crippen LogP contribution in [0.25, 0.3) is 0 Å². The SMILES string of the molecule is COc1cccc(OC)c1CCC(=O)Nc1ccc(Cl)cc1. The molecule has 0 spiro atoms. The van der Waals surface area contributed by atoms with Crippen molar-refractivity contribution in [1.29, 1.82) is 0 Å². The number of carbonyl (C=O) groups is 1. The molecular weight excluding hydrogens is 302 g/mol. The lowest BCUT2D eigenvalue weighted by atomic mass is 10.1. The number of benzene rings is 2. The van der Waals surface area contributed by atoms with Crippen LogP contribution >= 0.6 is 11.6 Å². The Kier molecular flexibility index (Phi) is 5.67. The number of hydrogen-bond acceptors (Lipinski definition) is 3. The fourth-order valence-corrected chi connectivity index (χ4v) is 2.30. The number of amides is 1. The zero-order valence-corrected chi connectivity index (χ0v) is 13.3. The molecule has 0 saturated heterocycles. The van der Waals surface area contributed by atoms with Gasteiger partial charge in [0.2, 0.25) is 5.91 Å². The fraction of sp³-hybridized carbons (Fsp3) is 0.235. The molecule has 0 radical (unpaired) electrons. The molecule has 2 aromatic rings. The summed E-state index contributed by atoms with van der Waals surface area (Å²) >= 11 is 5.82. The number of nitrogens with one attached hydrogen (secondary N) is 1. The van der Waals surface area contributed by atoms with Gasteiger partial charge in [0.15, 0.2) is 0 Å². The van der Waals surface area contributed by atoms with Crippen molar-refractivity contribution in [2.45, 2.75) is 12.8 Å². The van der Waals surface area contributed by atoms with Gasteiger partial charge in [0.1, 0.15) is 11.5 Å². The van der Waals surface area contributed by atoms with Crippen molar-refractivity contribution < 1.29 is 14.3 Å². The number of methoxy groups -OCH3 is 2. The van der Waals surface area contributed by atoms with Crippen LogP contribution in [0.3, 0.4) is 0 Å². The number of halogens is 1. The molecule has 1 N–H and O–H groups in total. The van der Waals surface area contributed by atoms with E-state index in [0.29, 0.717) is 17.9 Å². The zero-order valence-electron chi connectivity index (χ0n) is 12.6. The second-order valence-electron chi connectivity index (χ2n) is 4.70. The van der Waals surface area contributed by atoms with Crippen LogP contribution < -0.4 is 14.8 Å². The van der Waals surface area contributed by atoms with Crippen LogP contribution in [0.5, 0.6) is 11.5 Å². The maximum atomic E-state index is 12.0. The first-order valence-corrected chi connectivity index (χ1v) is 7.27. The van der Waals surface area contributed by atoms with E-state index in [4.69, 9.17) is 21.1 Å². The van der Waals surface area contributed by atoms with Crippen molar-refractivity contribution in [2.75, 3.05) is 19.5 Å². The molecule has 0 unspecified atom stereocenters. The van der Waals surface area contributed by atoms with Gasteiger partial charge in [-0.05, 0) is 42.8 Å². The first kappa shape index (κ1) is 16.2. The maximum Gasteiger partial charge on any atom is 0.224 e. The number of carbonyl (C=O) groups excluding carboxylic acids is 1. The summed E-state index contributed by atoms with van der Waals surface area (Å²) in [6.07, 6.45) is 0.867. The summed E-state index contributed by atoms with van der Waals surface area (Å²) < 4.78 is 10.7. The third kappa shape index (κ3) is 4.15. The maximum absolute atomic E-state index is 12.0. The first-order valence-electron chi connectivity index (χ1n) is 6.89. The summed E-state index contributed by atoms with van der Waals surface area (Å²) in [7, 11) is 3.21. The van der Waals surface area contributed by atoms with Gasteiger partial charge in [-0.1, -0.05) is 17.7 Å². The molecule has 0 atom stereocenters. The average molecular weight is 320 g/mol. The van der Waals surface area contributed by atoms with Gasteiger partial charge in [-0.3, -0.25) is 4.79 Å². The number of ether oxygens (including phenoxy) is 2. The van der Waals surface area contributed by atoms with Crippen molar-refractivity contribution in [3.8, 4) is 11.5 Å². The van der Waals surface area contributed by atoms with E-state index in [1.807, 2.05) is 18.2 Å². The summed E-state index contributed by atoms with van der Waals surface area (Å²) in [4.78, 5) is 12.0. The predicted octanol–water partition coefficient (Wildman–Crippen LogP) is 3.93. The van der Waals surface area contributed by atoms with Gasteiger partial charge in [0, 0.05) is 22.7 Å². The Morgan fingerprint density at radius 1 is 1.05 bits per heavy atom. The molecule has 0 bridgehead atoms. The van der Waals surface area contributed by atoms with Gasteiger partial charge in [0.25, 0.3) is 0 Å². The molecule has 2 aromatic carbocycles. The standard InChI is InChI=1S/C17H18ClNO3/c1-21-15-4-3-5-16(22-2)14(15)10-11-17(20)19-13-8-6-12(18)7-9-13/h3-9H,10-11H2,1-2H3,(H,19,20). The van der Waals surface area contributed by atoms with Gasteiger partial charge >= 0.3 is 0 Å². The average Bonchev–Trinajstić information content (AvgIpc) is 2.54. The molecular formula is C17H18ClNO3. The summed E-state index contributed by atoms with van der Waals surface area (Å²) in [6.45, 7) is 0. The van der Waals surface area contributed by atoms with E-state index in [1.54, 1.807) is 38.5 Å². The Bertz CT molecular complexity index is 619. The van der Waals surface area contributed by atoms with Gasteiger partial charge in [-0.2, -0.15) is 0 Å². The highest BCUT2D eigenvalue weighted by molar-refractivity contribution is 6.30. The lowest BCUT2D eigenvalue weighted by molar-refractivity contribution is -0.116. The van der Waals surface area contributed by atoms with Crippen molar-refractivity contribution in [3.63, 3.8) is 0 Å². The van der Waals surface area contributed by atoms with E-state index in [9.17, 15) is 4.79 Å². The number of rotatable bonds is 6. The molecule has 22 heavy (non-hydrogen) atoms. The second-order valence-corrected chi connectivity index (χ2v) is 5.13. The summed E-state index contributed by atoms with van der Waals surface area (Å²) in [5, 5.41) is 3.47. The Morgan fingerprint density at radius 2 is 1.64 bits per heavy atom. The number of anilines is 1. The predicted molar refractivity (Wildman–Crippen MR) is 87.9 cm³/mol. The minimum atomic E-state index is -0.0738. The van der Waals surface area contributed by atoms with Crippen LogP contribution in [-0.2, 0) is 11.2 Å². The lowest BCUT2D eigenvalue weighted by Gasteiger charge is -2.13. The van der Waals surface area contributed by atoms with Crippen LogP contribution in [0, 0.1) is 0 Å². The third-order valence-corrected chi connectivity index (χ3v) is 3.51. The van der Waals surface area contributed by atoms with Crippen LogP contribution in [0.15, 0.2) is 42.5 Å². The Labute approximate surface area is 135 Å². The van der Waals surface area contributed by atoms with E-state index in [1.165, 1.54) is 0 Å². The molecule has 0 aliphatic heterocycles. The minimum Gasteiger partial charge on any atom is -0.496 e. The number of hydrogen-bond donors (Lipinski definition) is 1. The van der Waals surface area contributed by atoms with Crippen LogP contribution in [0.2, 0.25) is 5.02 Å². The van der Waals surface area contributed by atoms with Crippen molar-refractivity contribution >= 4 is 23.2 Å². The molecule has 0 aliphatic rings. The highest BCUT2D eigenvalue weighted by Gasteiger charge is 2.12. The molecule has 0 saturated carbocycles. The smallest absolute Gasteiger partial charge is 0.224 e. The molecule has 4 nitrogen and oxygen atoms in total. The molecule has 5 heteroatoms. The Hall–Kier alpha value is -2.20. The van der Waals surface area contributed by atoms with Crippen LogP contribution in [0.1, 0.15) is 12.0 Å². The monoisotopic (exact) mass is 319 g/mol. The van der Waals surface area contributed by atoms with Gasteiger partial charge in [-0.25, -0.2) is 0 Å². The third-order valence-electron chi connectivity index (χ3n) is 3.26.